The molecule has 0 unspecified atom stereocenters. The van der Waals surface area contributed by atoms with Gasteiger partial charge in [-0.1, -0.05) is 12.1 Å². The summed E-state index contributed by atoms with van der Waals surface area (Å²) in [4.78, 5) is 12.6. The molecule has 1 aliphatic rings. The van der Waals surface area contributed by atoms with Gasteiger partial charge in [-0.2, -0.15) is 9.40 Å². The van der Waals surface area contributed by atoms with Gasteiger partial charge in [0.25, 0.3) is 0 Å². The Morgan fingerprint density at radius 1 is 1.46 bits per heavy atom. The molecule has 9 nitrogen and oxygen atoms in total. The van der Waals surface area contributed by atoms with Gasteiger partial charge in [0.15, 0.2) is 5.76 Å². The second kappa shape index (κ2) is 7.58. The lowest BCUT2D eigenvalue weighted by molar-refractivity contribution is -0.126. The Kier molecular flexibility index (Phi) is 5.42. The highest BCUT2D eigenvalue weighted by Gasteiger charge is 2.33. The summed E-state index contributed by atoms with van der Waals surface area (Å²) in [5.41, 5.74) is 0.834. The van der Waals surface area contributed by atoms with E-state index in [9.17, 15) is 13.2 Å². The Balaban J connectivity index is 1.61. The van der Waals surface area contributed by atoms with Crippen LogP contribution in [-0.4, -0.2) is 46.7 Å². The van der Waals surface area contributed by atoms with Crippen LogP contribution in [0, 0.1) is 5.92 Å². The van der Waals surface area contributed by atoms with Gasteiger partial charge in [0.05, 0.1) is 24.4 Å². The molecule has 1 aliphatic heterocycles. The second-order valence-electron chi connectivity index (χ2n) is 6.41. The number of hydrogen-bond acceptors (Lipinski definition) is 6. The van der Waals surface area contributed by atoms with Crippen molar-refractivity contribution in [2.24, 2.45) is 13.0 Å². The van der Waals surface area contributed by atoms with Gasteiger partial charge in [-0.15, -0.1) is 0 Å². The average Bonchev–Trinajstić information content (AvgIpc) is 3.28. The zero-order chi connectivity index (χ0) is 18.7. The van der Waals surface area contributed by atoms with E-state index in [1.165, 1.54) is 21.4 Å². The number of piperidine rings is 1. The molecule has 2 aromatic heterocycles. The smallest absolute Gasteiger partial charge is 0.246 e. The third-order valence-electron chi connectivity index (χ3n) is 4.48. The van der Waals surface area contributed by atoms with Gasteiger partial charge in [0.1, 0.15) is 4.90 Å². The molecule has 0 radical (unpaired) electrons. The van der Waals surface area contributed by atoms with Crippen molar-refractivity contribution in [3.63, 3.8) is 0 Å². The summed E-state index contributed by atoms with van der Waals surface area (Å²) in [6.07, 6.45) is 4.85. The molecule has 3 rings (SSSR count). The van der Waals surface area contributed by atoms with E-state index in [1.807, 2.05) is 6.92 Å². The fraction of sp³-hybridized carbons (Fsp3) is 0.562. The number of rotatable bonds is 6. The number of aryl methyl sites for hydroxylation is 2. The fourth-order valence-corrected chi connectivity index (χ4v) is 4.49. The SMILES string of the molecule is CCc1cc(CNC(=O)[C@H]2CCCN(S(=O)(=O)c3cnn(C)c3)C2)on1. The van der Waals surface area contributed by atoms with Crippen LogP contribution in [0.5, 0.6) is 0 Å². The maximum Gasteiger partial charge on any atom is 0.246 e. The first-order valence-corrected chi connectivity index (χ1v) is 10.0. The lowest BCUT2D eigenvalue weighted by Gasteiger charge is -2.30. The minimum absolute atomic E-state index is 0.148. The van der Waals surface area contributed by atoms with E-state index in [0.717, 1.165) is 12.1 Å². The molecule has 1 fully saturated rings. The average molecular weight is 381 g/mol. The minimum Gasteiger partial charge on any atom is -0.359 e. The van der Waals surface area contributed by atoms with Crippen molar-refractivity contribution in [3.8, 4) is 0 Å². The van der Waals surface area contributed by atoms with Crippen LogP contribution in [0.15, 0.2) is 27.9 Å². The Morgan fingerprint density at radius 2 is 2.27 bits per heavy atom. The van der Waals surface area contributed by atoms with Gasteiger partial charge in [-0.25, -0.2) is 8.42 Å². The first-order valence-electron chi connectivity index (χ1n) is 8.61. The summed E-state index contributed by atoms with van der Waals surface area (Å²) in [6.45, 7) is 2.79. The van der Waals surface area contributed by atoms with Gasteiger partial charge in [-0.3, -0.25) is 9.48 Å². The number of carbonyl (C=O) groups excluding carboxylic acids is 1. The summed E-state index contributed by atoms with van der Waals surface area (Å²) < 4.78 is 33.4. The topological polar surface area (TPSA) is 110 Å². The molecule has 1 N–H and O–H groups in total. The molecule has 0 aromatic carbocycles. The molecule has 1 saturated heterocycles. The Bertz CT molecular complexity index is 873. The van der Waals surface area contributed by atoms with E-state index in [4.69, 9.17) is 4.52 Å². The second-order valence-corrected chi connectivity index (χ2v) is 8.35. The van der Waals surface area contributed by atoms with Gasteiger partial charge >= 0.3 is 0 Å². The first-order chi connectivity index (χ1) is 12.4. The normalized spacial score (nSPS) is 18.8. The predicted octanol–water partition coefficient (Wildman–Crippen LogP) is 0.688. The van der Waals surface area contributed by atoms with Gasteiger partial charge in [0.2, 0.25) is 15.9 Å². The quantitative estimate of drug-likeness (QED) is 0.788. The lowest BCUT2D eigenvalue weighted by atomic mass is 9.99. The van der Waals surface area contributed by atoms with Crippen molar-refractivity contribution in [1.29, 1.82) is 0 Å². The summed E-state index contributed by atoms with van der Waals surface area (Å²) in [6, 6.07) is 1.81. The van der Waals surface area contributed by atoms with Crippen molar-refractivity contribution >= 4 is 15.9 Å². The summed E-state index contributed by atoms with van der Waals surface area (Å²) in [5, 5.41) is 10.6. The van der Waals surface area contributed by atoms with Crippen molar-refractivity contribution in [2.75, 3.05) is 13.1 Å². The summed E-state index contributed by atoms with van der Waals surface area (Å²) >= 11 is 0. The van der Waals surface area contributed by atoms with E-state index in [-0.39, 0.29) is 29.8 Å². The van der Waals surface area contributed by atoms with Crippen molar-refractivity contribution in [3.05, 3.63) is 29.9 Å². The van der Waals surface area contributed by atoms with Gasteiger partial charge in [0, 0.05) is 32.4 Å². The number of carbonyl (C=O) groups is 1. The minimum atomic E-state index is -3.63. The van der Waals surface area contributed by atoms with Crippen molar-refractivity contribution in [1.82, 2.24) is 24.6 Å². The van der Waals surface area contributed by atoms with Crippen molar-refractivity contribution in [2.45, 2.75) is 37.6 Å². The molecule has 2 aromatic rings. The Morgan fingerprint density at radius 3 is 2.92 bits per heavy atom. The molecule has 0 bridgehead atoms. The molecular weight excluding hydrogens is 358 g/mol. The summed E-state index contributed by atoms with van der Waals surface area (Å²) in [7, 11) is -1.97. The number of aromatic nitrogens is 3. The molecule has 3 heterocycles. The molecule has 1 atom stereocenters. The highest BCUT2D eigenvalue weighted by Crippen LogP contribution is 2.23. The lowest BCUT2D eigenvalue weighted by Crippen LogP contribution is -2.45. The first kappa shape index (κ1) is 18.6. The van der Waals surface area contributed by atoms with Crippen LogP contribution in [-0.2, 0) is 34.8 Å². The Hall–Kier alpha value is -2.20. The highest BCUT2D eigenvalue weighted by molar-refractivity contribution is 7.89. The molecular formula is C16H23N5O4S. The van der Waals surface area contributed by atoms with E-state index < -0.39 is 10.0 Å². The van der Waals surface area contributed by atoms with E-state index in [0.29, 0.717) is 25.1 Å². The predicted molar refractivity (Wildman–Crippen MR) is 92.4 cm³/mol. The van der Waals surface area contributed by atoms with Crippen LogP contribution >= 0.6 is 0 Å². The largest absolute Gasteiger partial charge is 0.359 e. The van der Waals surface area contributed by atoms with Gasteiger partial charge < -0.3 is 9.84 Å². The van der Waals surface area contributed by atoms with Crippen LogP contribution in [0.4, 0.5) is 0 Å². The number of nitrogens with one attached hydrogen (secondary N) is 1. The third kappa shape index (κ3) is 3.96. The number of sulfonamides is 1. The fourth-order valence-electron chi connectivity index (χ4n) is 2.98. The van der Waals surface area contributed by atoms with Gasteiger partial charge in [-0.05, 0) is 19.3 Å². The van der Waals surface area contributed by atoms with Crippen LogP contribution in [0.3, 0.4) is 0 Å². The standard InChI is InChI=1S/C16H23N5O4S/c1-3-13-7-14(25-19-13)8-17-16(22)12-5-4-6-21(10-12)26(23,24)15-9-18-20(2)11-15/h7,9,11-12H,3-6,8,10H2,1-2H3,(H,17,22)/t12-/m0/s1. The number of amides is 1. The molecule has 0 saturated carbocycles. The molecule has 10 heteroatoms. The maximum absolute atomic E-state index is 12.7. The van der Waals surface area contributed by atoms with Crippen LogP contribution in [0.1, 0.15) is 31.2 Å². The monoisotopic (exact) mass is 381 g/mol. The van der Waals surface area contributed by atoms with E-state index in [1.54, 1.807) is 13.1 Å². The molecule has 0 aliphatic carbocycles. The molecule has 26 heavy (non-hydrogen) atoms. The molecule has 1 amide bonds. The highest BCUT2D eigenvalue weighted by atomic mass is 32.2. The van der Waals surface area contributed by atoms with Crippen LogP contribution in [0.2, 0.25) is 0 Å². The van der Waals surface area contributed by atoms with Crippen LogP contribution < -0.4 is 5.32 Å². The zero-order valence-corrected chi connectivity index (χ0v) is 15.7. The molecule has 142 valence electrons. The molecule has 0 spiro atoms. The number of hydrogen-bond donors (Lipinski definition) is 1. The van der Waals surface area contributed by atoms with E-state index >= 15 is 0 Å². The summed E-state index contributed by atoms with van der Waals surface area (Å²) in [5.74, 6) is 0.0279. The van der Waals surface area contributed by atoms with Crippen LogP contribution in [0.25, 0.3) is 0 Å². The third-order valence-corrected chi connectivity index (χ3v) is 6.30. The number of nitrogens with zero attached hydrogens (tertiary/aromatic N) is 4. The van der Waals surface area contributed by atoms with Crippen molar-refractivity contribution < 1.29 is 17.7 Å². The Labute approximate surface area is 152 Å². The maximum atomic E-state index is 12.7. The van der Waals surface area contributed by atoms with E-state index in [2.05, 4.69) is 15.6 Å². The zero-order valence-electron chi connectivity index (χ0n) is 14.9.